The molecule has 18 fully saturated rings. The number of amides is 3. The van der Waals surface area contributed by atoms with Crippen molar-refractivity contribution in [1.82, 2.24) is 14.7 Å². The van der Waals surface area contributed by atoms with E-state index in [1.165, 1.54) is 19.3 Å². The number of halogens is 3. The van der Waals surface area contributed by atoms with Crippen molar-refractivity contribution in [2.45, 2.75) is 225 Å². The third-order valence-corrected chi connectivity index (χ3v) is 22.5. The molecule has 17 nitrogen and oxygen atoms in total. The first-order valence-electron chi connectivity index (χ1n) is 28.0. The molecule has 18 rings (SSSR count). The van der Waals surface area contributed by atoms with Gasteiger partial charge in [0, 0.05) is 18.1 Å². The van der Waals surface area contributed by atoms with E-state index < -0.39 is 34.9 Å². The van der Waals surface area contributed by atoms with Gasteiger partial charge in [0.2, 0.25) is 17.7 Å². The van der Waals surface area contributed by atoms with Crippen LogP contribution in [0.3, 0.4) is 0 Å². The minimum absolute atomic E-state index is 0. The number of alkyl halides is 1. The summed E-state index contributed by atoms with van der Waals surface area (Å²) in [6.45, 7) is 0. The van der Waals surface area contributed by atoms with Gasteiger partial charge in [0.05, 0.1) is 53.1 Å². The molecule has 0 aromatic carbocycles. The largest absolute Gasteiger partial charge is 1.00 e. The molecule has 18 aliphatic rings. The SMILES string of the molecule is CI.Cl.N#C[C@@H]1C[C@@H]2C[C@@H]2N1C(=O)C(N)C12CC3CC(CC(O)(C3)C1)C2.N#C[C@@H]1C[C@@H]2C[C@@H]2N1C(=O)C(N)C12CC3CC(CC(O)(C3)C1)C2.N#C[C@@H]1C[C@@H]2C[C@@H]2N1C(=O)C(N)C12CC3CC(CC(O)(C3)C1)C2.O.[B]I.[Na+].[OH-]. The third-order valence-electron chi connectivity index (χ3n) is 22.5. The Balaban J connectivity index is 0.000000158. The number of rotatable bonds is 6. The summed E-state index contributed by atoms with van der Waals surface area (Å²) in [6, 6.07) is 5.17. The van der Waals surface area contributed by atoms with Gasteiger partial charge >= 0.3 is 29.6 Å². The number of fused-ring (bicyclic) bond motifs is 3. The smallest absolute Gasteiger partial charge is 0.870 e. The molecule has 12 bridgehead atoms. The van der Waals surface area contributed by atoms with Crippen LogP contribution < -0.4 is 46.8 Å². The van der Waals surface area contributed by atoms with Gasteiger partial charge in [-0.3, -0.25) is 14.4 Å². The maximum absolute atomic E-state index is 13.1. The van der Waals surface area contributed by atoms with Crippen LogP contribution in [0.25, 0.3) is 0 Å². The van der Waals surface area contributed by atoms with E-state index in [2.05, 4.69) is 46.5 Å². The Morgan fingerprint density at radius 3 is 0.870 bits per heavy atom. The topological polar surface area (TPSA) is 333 Å². The van der Waals surface area contributed by atoms with Gasteiger partial charge in [-0.15, -0.1) is 12.4 Å². The molecule has 0 aromatic heterocycles. The van der Waals surface area contributed by atoms with Crippen LogP contribution in [0, 0.1) is 103 Å². The first-order valence-corrected chi connectivity index (χ1v) is 31.4. The van der Waals surface area contributed by atoms with Crippen LogP contribution in [-0.4, -0.2) is 141 Å². The molecule has 3 heterocycles. The number of likely N-dealkylation sites (tertiary alicyclic amines) is 3. The van der Waals surface area contributed by atoms with E-state index in [-0.39, 0.29) is 123 Å². The van der Waals surface area contributed by atoms with Crippen molar-refractivity contribution in [3.8, 4) is 18.2 Å². The molecule has 420 valence electrons. The molecule has 22 heteroatoms. The zero-order valence-electron chi connectivity index (χ0n) is 45.0. The second kappa shape index (κ2) is 23.1. The summed E-state index contributed by atoms with van der Waals surface area (Å²) in [5, 5.41) is 60.7. The minimum Gasteiger partial charge on any atom is -0.870 e. The molecule has 12 N–H and O–H groups in total. The Labute approximate surface area is 512 Å². The van der Waals surface area contributed by atoms with Crippen molar-refractivity contribution in [2.24, 2.45) is 86.7 Å². The van der Waals surface area contributed by atoms with E-state index in [0.717, 1.165) is 116 Å². The molecule has 18 atom stereocenters. The molecule has 15 aliphatic carbocycles. The van der Waals surface area contributed by atoms with Gasteiger partial charge in [-0.1, -0.05) is 22.6 Å². The second-order valence-corrected chi connectivity index (χ2v) is 27.6. The number of nitrogens with zero attached hydrogens (tertiary/aromatic N) is 6. The van der Waals surface area contributed by atoms with Crippen LogP contribution in [0.4, 0.5) is 0 Å². The standard InChI is InChI=1S/3C18H25N3O2.CH3I.BI.ClH.Na.2H2O/c3*19-8-13-2-12-3-14(12)21(13)16(22)15(20)17-4-10-1-11(5-17)7-18(23,6-10)9-17;2*1-2;;;;/h3*10-15,23H,1-7,9,20H2;1H3;;1H;;2*1H2/q;;;;;;+1;;/p-1/t3*10?,11?,12-,13+,14+,15?,17?,18?;;;;;;/m111....../s1. The molecular formula is C55H82BClI2N9NaO8. The predicted molar refractivity (Wildman–Crippen MR) is 301 cm³/mol. The fourth-order valence-corrected chi connectivity index (χ4v) is 20.9. The van der Waals surface area contributed by atoms with Crippen LogP contribution in [0.2, 0.25) is 0 Å². The van der Waals surface area contributed by atoms with Crippen molar-refractivity contribution in [2.75, 3.05) is 4.93 Å². The maximum atomic E-state index is 13.1. The van der Waals surface area contributed by atoms with Crippen molar-refractivity contribution >= 4 is 80.8 Å². The number of carbonyl (C=O) groups excluding carboxylic acids is 3. The van der Waals surface area contributed by atoms with Crippen LogP contribution in [0.15, 0.2) is 0 Å². The number of piperidine rings is 3. The molecule has 0 aromatic rings. The van der Waals surface area contributed by atoms with Gasteiger partial charge in [0.25, 0.3) is 0 Å². The van der Waals surface area contributed by atoms with E-state index in [1.54, 1.807) is 37.1 Å². The zero-order chi connectivity index (χ0) is 51.9. The van der Waals surface area contributed by atoms with Crippen LogP contribution in [0.5, 0.6) is 0 Å². The van der Waals surface area contributed by atoms with Gasteiger partial charge < -0.3 is 58.2 Å². The first kappa shape index (κ1) is 63.9. The molecule has 9 unspecified atom stereocenters. The maximum Gasteiger partial charge on any atom is 1.00 e. The van der Waals surface area contributed by atoms with Crippen LogP contribution >= 0.6 is 57.4 Å². The average molecular weight is 1320 g/mol. The Morgan fingerprint density at radius 1 is 0.481 bits per heavy atom. The molecule has 15 saturated carbocycles. The number of hydrogen-bond donors (Lipinski definition) is 6. The van der Waals surface area contributed by atoms with E-state index in [9.17, 15) is 45.5 Å². The quantitative estimate of drug-likeness (QED) is 0.125. The second-order valence-electron chi connectivity index (χ2n) is 27.6. The molecule has 3 saturated heterocycles. The summed E-state index contributed by atoms with van der Waals surface area (Å²) in [7, 11) is 0. The molecule has 3 amide bonds. The van der Waals surface area contributed by atoms with Gasteiger partial charge in [-0.2, -0.15) is 38.2 Å². The molecule has 3 aliphatic heterocycles. The third kappa shape index (κ3) is 11.1. The average Bonchev–Trinajstić information content (AvgIpc) is 4.31. The summed E-state index contributed by atoms with van der Waals surface area (Å²) >= 11 is 3.80. The molecule has 77 heavy (non-hydrogen) atoms. The normalized spacial score (nSPS) is 48.3. The van der Waals surface area contributed by atoms with Gasteiger partial charge in [0.1, 0.15) is 18.1 Å². The Kier molecular flexibility index (Phi) is 19.2. The number of aliphatic hydroxyl groups is 3. The molecule has 2 radical (unpaired) electrons. The molecule has 0 spiro atoms. The Hall–Kier alpha value is -0.625. The summed E-state index contributed by atoms with van der Waals surface area (Å²) < 4.78 is 0. The predicted octanol–water partition coefficient (Wildman–Crippen LogP) is 1.45. The van der Waals surface area contributed by atoms with Crippen molar-refractivity contribution in [1.29, 1.82) is 15.8 Å². The van der Waals surface area contributed by atoms with E-state index in [0.29, 0.717) is 72.5 Å². The van der Waals surface area contributed by atoms with Gasteiger partial charge in [-0.05, 0) is 229 Å². The van der Waals surface area contributed by atoms with E-state index in [1.807, 2.05) is 4.93 Å². The zero-order valence-corrected chi connectivity index (χ0v) is 52.2. The van der Waals surface area contributed by atoms with Crippen LogP contribution in [-0.2, 0) is 14.4 Å². The first-order chi connectivity index (χ1) is 34.8. The summed E-state index contributed by atoms with van der Waals surface area (Å²) in [6.07, 6.45) is 22.5. The van der Waals surface area contributed by atoms with E-state index >= 15 is 0 Å². The fourth-order valence-electron chi connectivity index (χ4n) is 20.9. The van der Waals surface area contributed by atoms with Gasteiger partial charge in [0.15, 0.2) is 5.70 Å². The Morgan fingerprint density at radius 2 is 0.688 bits per heavy atom. The van der Waals surface area contributed by atoms with E-state index in [4.69, 9.17) is 17.2 Å². The number of nitriles is 3. The van der Waals surface area contributed by atoms with Gasteiger partial charge in [-0.25, -0.2) is 0 Å². The molecular weight excluding hydrogens is 1240 g/mol. The number of hydrogen-bond acceptors (Lipinski definition) is 13. The minimum atomic E-state index is -0.594. The summed E-state index contributed by atoms with van der Waals surface area (Å²) in [5.41, 5.74) is 21.6. The summed E-state index contributed by atoms with van der Waals surface area (Å²) in [4.78, 5) is 46.8. The summed E-state index contributed by atoms with van der Waals surface area (Å²) in [5.74, 6) is 4.67. The Bertz CT molecular complexity index is 2090. The monoisotopic (exact) mass is 1320 g/mol. The van der Waals surface area contributed by atoms with Crippen LogP contribution in [0.1, 0.15) is 154 Å². The van der Waals surface area contributed by atoms with Crippen molar-refractivity contribution < 1.29 is 70.2 Å². The fraction of sp³-hybridized carbons (Fsp3) is 0.891. The van der Waals surface area contributed by atoms with Crippen molar-refractivity contribution in [3.63, 3.8) is 0 Å². The number of carbonyl (C=O) groups is 3. The van der Waals surface area contributed by atoms with Crippen molar-refractivity contribution in [3.05, 3.63) is 0 Å². The number of nitrogens with two attached hydrogens (primary N) is 3.